The molecular formula is C10H10F3O. The summed E-state index contributed by atoms with van der Waals surface area (Å²) in [5.74, 6) is -3.21. The lowest BCUT2D eigenvalue weighted by molar-refractivity contribution is 0.0737. The molecule has 77 valence electrons. The smallest absolute Gasteiger partial charge is 0.134 e. The second kappa shape index (κ2) is 4.46. The van der Waals surface area contributed by atoms with Crippen molar-refractivity contribution in [2.75, 3.05) is 0 Å². The summed E-state index contributed by atoms with van der Waals surface area (Å²) < 4.78 is 38.5. The van der Waals surface area contributed by atoms with Crippen LogP contribution in [0.25, 0.3) is 0 Å². The Hall–Kier alpha value is -1.03. The molecule has 0 amide bonds. The molecule has 0 aliphatic carbocycles. The first kappa shape index (κ1) is 11.0. The lowest BCUT2D eigenvalue weighted by Crippen LogP contribution is -2.03. The Morgan fingerprint density at radius 1 is 1.21 bits per heavy atom. The van der Waals surface area contributed by atoms with Crippen LogP contribution in [0, 0.1) is 17.5 Å². The highest BCUT2D eigenvalue weighted by molar-refractivity contribution is 5.22. The molecule has 1 atom stereocenters. The van der Waals surface area contributed by atoms with Crippen molar-refractivity contribution in [3.63, 3.8) is 0 Å². The second-order valence-electron chi connectivity index (χ2n) is 3.06. The van der Waals surface area contributed by atoms with E-state index in [0.717, 1.165) is 0 Å². The van der Waals surface area contributed by atoms with Crippen LogP contribution in [0.2, 0.25) is 0 Å². The molecule has 1 radical (unpaired) electrons. The summed E-state index contributed by atoms with van der Waals surface area (Å²) in [6.07, 6.45) is -0.787. The van der Waals surface area contributed by atoms with Gasteiger partial charge < -0.3 is 0 Å². The second-order valence-corrected chi connectivity index (χ2v) is 3.06. The van der Waals surface area contributed by atoms with Gasteiger partial charge in [0.2, 0.25) is 0 Å². The molecular weight excluding hydrogens is 193 g/mol. The zero-order valence-corrected chi connectivity index (χ0v) is 7.69. The molecule has 0 bridgehead atoms. The van der Waals surface area contributed by atoms with Crippen LogP contribution >= 0.6 is 0 Å². The van der Waals surface area contributed by atoms with Crippen molar-refractivity contribution < 1.29 is 18.3 Å². The summed E-state index contributed by atoms with van der Waals surface area (Å²) in [5.41, 5.74) is -0.562. The minimum absolute atomic E-state index is 0.138. The van der Waals surface area contributed by atoms with Crippen molar-refractivity contribution in [2.45, 2.75) is 25.9 Å². The summed E-state index contributed by atoms with van der Waals surface area (Å²) in [6, 6.07) is 1.05. The largest absolute Gasteiger partial charge is 0.228 e. The topological polar surface area (TPSA) is 19.9 Å². The number of halogens is 3. The minimum Gasteiger partial charge on any atom is -0.228 e. The fraction of sp³-hybridized carbons (Fsp3) is 0.400. The van der Waals surface area contributed by atoms with E-state index in [4.69, 9.17) is 0 Å². The van der Waals surface area contributed by atoms with Crippen LogP contribution in [0.5, 0.6) is 0 Å². The van der Waals surface area contributed by atoms with Gasteiger partial charge in [0.15, 0.2) is 0 Å². The van der Waals surface area contributed by atoms with Crippen molar-refractivity contribution in [3.05, 3.63) is 35.1 Å². The summed E-state index contributed by atoms with van der Waals surface area (Å²) in [7, 11) is 0. The van der Waals surface area contributed by atoms with E-state index in [0.29, 0.717) is 18.6 Å². The molecule has 0 aromatic heterocycles. The van der Waals surface area contributed by atoms with Gasteiger partial charge in [0.05, 0.1) is 5.56 Å². The van der Waals surface area contributed by atoms with E-state index in [1.165, 1.54) is 0 Å². The first-order chi connectivity index (χ1) is 6.56. The molecule has 4 heteroatoms. The molecule has 0 fully saturated rings. The molecule has 1 aromatic rings. The lowest BCUT2D eigenvalue weighted by Gasteiger charge is -2.09. The van der Waals surface area contributed by atoms with E-state index in [2.05, 4.69) is 0 Å². The zero-order chi connectivity index (χ0) is 10.7. The van der Waals surface area contributed by atoms with Crippen LogP contribution in [0.3, 0.4) is 0 Å². The predicted molar refractivity (Wildman–Crippen MR) is 44.7 cm³/mol. The Balaban J connectivity index is 3.07. The molecule has 1 nitrogen and oxygen atoms in total. The first-order valence-electron chi connectivity index (χ1n) is 4.36. The molecule has 0 saturated carbocycles. The van der Waals surface area contributed by atoms with E-state index in [-0.39, 0.29) is 6.42 Å². The molecule has 0 heterocycles. The van der Waals surface area contributed by atoms with Gasteiger partial charge in [-0.05, 0) is 6.42 Å². The first-order valence-corrected chi connectivity index (χ1v) is 4.36. The molecule has 1 aromatic carbocycles. The van der Waals surface area contributed by atoms with E-state index >= 15 is 0 Å². The van der Waals surface area contributed by atoms with Crippen LogP contribution in [0.1, 0.15) is 31.4 Å². The highest BCUT2D eigenvalue weighted by Crippen LogP contribution is 2.25. The number of hydrogen-bond acceptors (Lipinski definition) is 0. The summed E-state index contributed by atoms with van der Waals surface area (Å²) in [6.45, 7) is 1.74. The van der Waals surface area contributed by atoms with Gasteiger partial charge in [-0.15, -0.1) is 0 Å². The minimum atomic E-state index is -1.46. The summed E-state index contributed by atoms with van der Waals surface area (Å²) in [5, 5.41) is 11.3. The molecule has 1 rings (SSSR count). The average molecular weight is 203 g/mol. The van der Waals surface area contributed by atoms with Crippen molar-refractivity contribution in [1.82, 2.24) is 0 Å². The number of rotatable bonds is 3. The standard InChI is InChI=1S/C10H10F3O/c1-2-3-9(14)10-7(12)4-6(11)5-8(10)13/h4-5,9H,2-3H2,1H3. The average Bonchev–Trinajstić information content (AvgIpc) is 2.01. The van der Waals surface area contributed by atoms with Crippen LogP contribution in [-0.2, 0) is 5.11 Å². The van der Waals surface area contributed by atoms with Crippen LogP contribution < -0.4 is 0 Å². The molecule has 0 aliphatic rings. The van der Waals surface area contributed by atoms with Crippen LogP contribution in [0.4, 0.5) is 13.2 Å². The van der Waals surface area contributed by atoms with Crippen molar-refractivity contribution >= 4 is 0 Å². The quantitative estimate of drug-likeness (QED) is 0.717. The number of hydrogen-bond donors (Lipinski definition) is 0. The third kappa shape index (κ3) is 2.26. The molecule has 0 saturated heterocycles. The van der Waals surface area contributed by atoms with Gasteiger partial charge in [-0.2, -0.15) is 0 Å². The van der Waals surface area contributed by atoms with Crippen LogP contribution in [-0.4, -0.2) is 0 Å². The third-order valence-electron chi connectivity index (χ3n) is 1.92. The predicted octanol–water partition coefficient (Wildman–Crippen LogP) is 3.38. The van der Waals surface area contributed by atoms with Crippen molar-refractivity contribution in [3.8, 4) is 0 Å². The third-order valence-corrected chi connectivity index (χ3v) is 1.92. The zero-order valence-electron chi connectivity index (χ0n) is 7.69. The van der Waals surface area contributed by atoms with Gasteiger partial charge in [-0.25, -0.2) is 18.3 Å². The molecule has 1 unspecified atom stereocenters. The normalized spacial score (nSPS) is 12.9. The highest BCUT2D eigenvalue weighted by Gasteiger charge is 2.19. The maximum atomic E-state index is 13.0. The Bertz CT molecular complexity index is 302. The van der Waals surface area contributed by atoms with Crippen molar-refractivity contribution in [2.24, 2.45) is 0 Å². The molecule has 0 aliphatic heterocycles. The highest BCUT2D eigenvalue weighted by atomic mass is 19.1. The van der Waals surface area contributed by atoms with E-state index in [9.17, 15) is 18.3 Å². The van der Waals surface area contributed by atoms with Gasteiger partial charge in [-0.1, -0.05) is 13.3 Å². The van der Waals surface area contributed by atoms with E-state index in [1.807, 2.05) is 0 Å². The Labute approximate surface area is 80.2 Å². The molecule has 14 heavy (non-hydrogen) atoms. The fourth-order valence-electron chi connectivity index (χ4n) is 1.27. The van der Waals surface area contributed by atoms with E-state index < -0.39 is 29.1 Å². The maximum absolute atomic E-state index is 13.0. The van der Waals surface area contributed by atoms with Gasteiger partial charge >= 0.3 is 0 Å². The van der Waals surface area contributed by atoms with Gasteiger partial charge in [0.25, 0.3) is 0 Å². The summed E-state index contributed by atoms with van der Waals surface area (Å²) >= 11 is 0. The van der Waals surface area contributed by atoms with Gasteiger partial charge in [-0.3, -0.25) is 0 Å². The van der Waals surface area contributed by atoms with Crippen molar-refractivity contribution in [1.29, 1.82) is 0 Å². The Kier molecular flexibility index (Phi) is 3.52. The van der Waals surface area contributed by atoms with E-state index in [1.54, 1.807) is 6.92 Å². The van der Waals surface area contributed by atoms with Gasteiger partial charge in [0.1, 0.15) is 23.6 Å². The monoisotopic (exact) mass is 203 g/mol. The summed E-state index contributed by atoms with van der Waals surface area (Å²) in [4.78, 5) is 0. The fourth-order valence-corrected chi connectivity index (χ4v) is 1.27. The number of benzene rings is 1. The lowest BCUT2D eigenvalue weighted by atomic mass is 10.0. The SMILES string of the molecule is CCCC([O])c1c(F)cc(F)cc1F. The Morgan fingerprint density at radius 2 is 1.71 bits per heavy atom. The van der Waals surface area contributed by atoms with Crippen LogP contribution in [0.15, 0.2) is 12.1 Å². The maximum Gasteiger partial charge on any atom is 0.134 e. The van der Waals surface area contributed by atoms with Gasteiger partial charge in [0, 0.05) is 12.1 Å². The molecule has 0 N–H and O–H groups in total. The Morgan fingerprint density at radius 3 is 2.14 bits per heavy atom. The molecule has 0 spiro atoms.